The maximum absolute atomic E-state index is 13.8. The van der Waals surface area contributed by atoms with E-state index in [0.717, 1.165) is 6.07 Å². The molecule has 1 atom stereocenters. The van der Waals surface area contributed by atoms with Crippen molar-refractivity contribution in [1.82, 2.24) is 5.32 Å². The maximum Gasteiger partial charge on any atom is 0.331 e. The predicted molar refractivity (Wildman–Crippen MR) is 75.1 cm³/mol. The molecule has 0 aliphatic carbocycles. The third-order valence-electron chi connectivity index (χ3n) is 2.77. The SMILES string of the molecule is COc1ccc(C(=O)NC(C(=O)O)c2cccs2)c(F)c1. The quantitative estimate of drug-likeness (QED) is 0.889. The van der Waals surface area contributed by atoms with Crippen LogP contribution in [0.2, 0.25) is 0 Å². The lowest BCUT2D eigenvalue weighted by Gasteiger charge is -2.13. The summed E-state index contributed by atoms with van der Waals surface area (Å²) in [6.45, 7) is 0. The molecule has 2 rings (SSSR count). The van der Waals surface area contributed by atoms with Crippen LogP contribution < -0.4 is 10.1 Å². The van der Waals surface area contributed by atoms with E-state index in [2.05, 4.69) is 5.32 Å². The fourth-order valence-electron chi connectivity index (χ4n) is 1.73. The first-order valence-electron chi connectivity index (χ1n) is 5.93. The van der Waals surface area contributed by atoms with Crippen LogP contribution in [0.15, 0.2) is 35.7 Å². The van der Waals surface area contributed by atoms with Gasteiger partial charge in [0.15, 0.2) is 6.04 Å². The van der Waals surface area contributed by atoms with Gasteiger partial charge in [-0.25, -0.2) is 9.18 Å². The monoisotopic (exact) mass is 309 g/mol. The Balaban J connectivity index is 2.22. The van der Waals surface area contributed by atoms with Crippen molar-refractivity contribution in [1.29, 1.82) is 0 Å². The number of aliphatic carboxylic acids is 1. The molecule has 2 aromatic rings. The Hall–Kier alpha value is -2.41. The number of rotatable bonds is 5. The normalized spacial score (nSPS) is 11.7. The van der Waals surface area contributed by atoms with E-state index in [1.165, 1.54) is 30.6 Å². The first-order valence-corrected chi connectivity index (χ1v) is 6.81. The van der Waals surface area contributed by atoms with E-state index in [4.69, 9.17) is 4.74 Å². The van der Waals surface area contributed by atoms with Crippen LogP contribution in [-0.4, -0.2) is 24.1 Å². The van der Waals surface area contributed by atoms with E-state index >= 15 is 0 Å². The molecule has 1 unspecified atom stereocenters. The molecule has 7 heteroatoms. The third kappa shape index (κ3) is 3.38. The molecule has 1 aromatic heterocycles. The largest absolute Gasteiger partial charge is 0.497 e. The molecule has 1 amide bonds. The molecular weight excluding hydrogens is 297 g/mol. The molecule has 0 bridgehead atoms. The van der Waals surface area contributed by atoms with Gasteiger partial charge < -0.3 is 15.2 Å². The zero-order chi connectivity index (χ0) is 15.4. The van der Waals surface area contributed by atoms with Gasteiger partial charge in [-0.2, -0.15) is 0 Å². The molecule has 0 fully saturated rings. The summed E-state index contributed by atoms with van der Waals surface area (Å²) < 4.78 is 18.6. The molecule has 0 aliphatic heterocycles. The van der Waals surface area contributed by atoms with Gasteiger partial charge in [0.1, 0.15) is 11.6 Å². The van der Waals surface area contributed by atoms with Crippen LogP contribution in [0.5, 0.6) is 5.75 Å². The smallest absolute Gasteiger partial charge is 0.331 e. The van der Waals surface area contributed by atoms with Crippen LogP contribution in [0.3, 0.4) is 0 Å². The lowest BCUT2D eigenvalue weighted by Crippen LogP contribution is -2.33. The van der Waals surface area contributed by atoms with Gasteiger partial charge in [0, 0.05) is 10.9 Å². The molecule has 21 heavy (non-hydrogen) atoms. The van der Waals surface area contributed by atoms with Crippen LogP contribution in [-0.2, 0) is 4.79 Å². The zero-order valence-corrected chi connectivity index (χ0v) is 11.8. The summed E-state index contributed by atoms with van der Waals surface area (Å²) in [6.07, 6.45) is 0. The lowest BCUT2D eigenvalue weighted by atomic mass is 10.1. The summed E-state index contributed by atoms with van der Waals surface area (Å²) in [4.78, 5) is 23.7. The summed E-state index contributed by atoms with van der Waals surface area (Å²) in [5.41, 5.74) is -0.237. The fourth-order valence-corrected chi connectivity index (χ4v) is 2.49. The number of hydrogen-bond acceptors (Lipinski definition) is 4. The standard InChI is InChI=1S/C14H12FNO4S/c1-20-8-4-5-9(10(15)7-8)13(17)16-12(14(18)19)11-3-2-6-21-11/h2-7,12H,1H3,(H,16,17)(H,18,19). The van der Waals surface area contributed by atoms with Crippen molar-refractivity contribution in [2.75, 3.05) is 7.11 Å². The van der Waals surface area contributed by atoms with Crippen LogP contribution in [0.4, 0.5) is 4.39 Å². The molecule has 1 aromatic carbocycles. The molecule has 0 saturated heterocycles. The first kappa shape index (κ1) is 15.0. The Morgan fingerprint density at radius 1 is 1.38 bits per heavy atom. The molecular formula is C14H12FNO4S. The van der Waals surface area contributed by atoms with Gasteiger partial charge in [-0.05, 0) is 23.6 Å². The first-order chi connectivity index (χ1) is 10.0. The highest BCUT2D eigenvalue weighted by Gasteiger charge is 2.24. The summed E-state index contributed by atoms with van der Waals surface area (Å²) >= 11 is 1.20. The van der Waals surface area contributed by atoms with E-state index in [0.29, 0.717) is 4.88 Å². The van der Waals surface area contributed by atoms with Crippen molar-refractivity contribution in [3.8, 4) is 5.75 Å². The van der Waals surface area contributed by atoms with E-state index in [1.54, 1.807) is 17.5 Å². The summed E-state index contributed by atoms with van der Waals surface area (Å²) in [5, 5.41) is 13.2. The van der Waals surface area contributed by atoms with Gasteiger partial charge in [0.25, 0.3) is 5.91 Å². The second-order valence-electron chi connectivity index (χ2n) is 4.11. The molecule has 1 heterocycles. The van der Waals surface area contributed by atoms with Crippen LogP contribution in [0.1, 0.15) is 21.3 Å². The number of methoxy groups -OCH3 is 1. The van der Waals surface area contributed by atoms with Crippen molar-refractivity contribution in [2.24, 2.45) is 0 Å². The zero-order valence-electron chi connectivity index (χ0n) is 11.0. The highest BCUT2D eigenvalue weighted by Crippen LogP contribution is 2.21. The second kappa shape index (κ2) is 6.36. The molecule has 0 saturated carbocycles. The van der Waals surface area contributed by atoms with Crippen molar-refractivity contribution in [3.63, 3.8) is 0 Å². The molecule has 110 valence electrons. The molecule has 5 nitrogen and oxygen atoms in total. The number of nitrogens with one attached hydrogen (secondary N) is 1. The van der Waals surface area contributed by atoms with E-state index in [1.807, 2.05) is 0 Å². The Labute approximate surface area is 124 Å². The van der Waals surface area contributed by atoms with Crippen LogP contribution in [0.25, 0.3) is 0 Å². The second-order valence-corrected chi connectivity index (χ2v) is 5.09. The van der Waals surface area contributed by atoms with Crippen molar-refractivity contribution in [3.05, 3.63) is 52.0 Å². The Morgan fingerprint density at radius 3 is 2.67 bits per heavy atom. The van der Waals surface area contributed by atoms with Gasteiger partial charge in [0.2, 0.25) is 0 Å². The Bertz CT molecular complexity index is 657. The van der Waals surface area contributed by atoms with E-state index in [-0.39, 0.29) is 11.3 Å². The third-order valence-corrected chi connectivity index (χ3v) is 3.71. The van der Waals surface area contributed by atoms with Gasteiger partial charge in [-0.15, -0.1) is 11.3 Å². The van der Waals surface area contributed by atoms with Crippen LogP contribution in [0, 0.1) is 5.82 Å². The molecule has 2 N–H and O–H groups in total. The van der Waals surface area contributed by atoms with Crippen molar-refractivity contribution >= 4 is 23.2 Å². The number of hydrogen-bond donors (Lipinski definition) is 2. The fraction of sp³-hybridized carbons (Fsp3) is 0.143. The molecule has 0 radical (unpaired) electrons. The van der Waals surface area contributed by atoms with Crippen molar-refractivity contribution in [2.45, 2.75) is 6.04 Å². The highest BCUT2D eigenvalue weighted by atomic mass is 32.1. The Morgan fingerprint density at radius 2 is 2.14 bits per heavy atom. The summed E-state index contributed by atoms with van der Waals surface area (Å²) in [5.74, 6) is -2.50. The number of carbonyl (C=O) groups is 2. The van der Waals surface area contributed by atoms with Crippen molar-refractivity contribution < 1.29 is 23.8 Å². The number of amides is 1. The number of carbonyl (C=O) groups excluding carboxylic acids is 1. The lowest BCUT2D eigenvalue weighted by molar-refractivity contribution is -0.139. The molecule has 0 aliphatic rings. The number of carboxylic acids is 1. The number of carboxylic acid groups (broad SMARTS) is 1. The van der Waals surface area contributed by atoms with Gasteiger partial charge in [0.05, 0.1) is 12.7 Å². The summed E-state index contributed by atoms with van der Waals surface area (Å²) in [6, 6.07) is 5.80. The number of thiophene rings is 1. The number of benzene rings is 1. The Kier molecular flexibility index (Phi) is 4.54. The highest BCUT2D eigenvalue weighted by molar-refractivity contribution is 7.10. The average molecular weight is 309 g/mol. The predicted octanol–water partition coefficient (Wildman–Crippen LogP) is 2.45. The average Bonchev–Trinajstić information content (AvgIpc) is 2.97. The molecule has 0 spiro atoms. The van der Waals surface area contributed by atoms with E-state index in [9.17, 15) is 19.1 Å². The minimum absolute atomic E-state index is 0.237. The topological polar surface area (TPSA) is 75.6 Å². The van der Waals surface area contributed by atoms with E-state index < -0.39 is 23.7 Å². The number of ether oxygens (including phenoxy) is 1. The number of halogens is 1. The van der Waals surface area contributed by atoms with Gasteiger partial charge in [-0.3, -0.25) is 4.79 Å². The summed E-state index contributed by atoms with van der Waals surface area (Å²) in [7, 11) is 1.38. The van der Waals surface area contributed by atoms with Crippen LogP contribution >= 0.6 is 11.3 Å². The van der Waals surface area contributed by atoms with Gasteiger partial charge in [-0.1, -0.05) is 6.07 Å². The minimum Gasteiger partial charge on any atom is -0.497 e. The maximum atomic E-state index is 13.8. The minimum atomic E-state index is -1.21. The van der Waals surface area contributed by atoms with Gasteiger partial charge >= 0.3 is 5.97 Å².